The lowest BCUT2D eigenvalue weighted by atomic mass is 9.96. The molecule has 3 atom stereocenters. The van der Waals surface area contributed by atoms with Gasteiger partial charge >= 0.3 is 0 Å². The van der Waals surface area contributed by atoms with Crippen LogP contribution in [0.15, 0.2) is 51.8 Å². The SMILES string of the molecule is COc1ccc(Cl)cc1S(=O)(=O)N1CC(N2CCC2)C(=O)N2C(Cc3ccc(Br)cc3)C(=O)N(C3CC3)CC21. The van der Waals surface area contributed by atoms with Gasteiger partial charge in [0, 0.05) is 41.6 Å². The number of halogens is 2. The molecule has 0 radical (unpaired) electrons. The van der Waals surface area contributed by atoms with E-state index in [1.54, 1.807) is 15.9 Å². The number of sulfonamides is 1. The van der Waals surface area contributed by atoms with Gasteiger partial charge in [-0.3, -0.25) is 14.5 Å². The molecule has 1 aliphatic carbocycles. The third kappa shape index (κ3) is 4.86. The van der Waals surface area contributed by atoms with E-state index in [9.17, 15) is 18.0 Å². The van der Waals surface area contributed by atoms with Crippen molar-refractivity contribution in [2.24, 2.45) is 0 Å². The normalized spacial score (nSPS) is 26.4. The second-order valence-electron chi connectivity index (χ2n) is 10.6. The number of carbonyl (C=O) groups excluding carboxylic acids is 2. The van der Waals surface area contributed by atoms with E-state index in [4.69, 9.17) is 16.3 Å². The number of ether oxygens (including phenoxy) is 1. The molecule has 3 saturated heterocycles. The first-order chi connectivity index (χ1) is 18.7. The maximum Gasteiger partial charge on any atom is 0.248 e. The molecule has 9 nitrogen and oxygen atoms in total. The van der Waals surface area contributed by atoms with Gasteiger partial charge in [-0.05, 0) is 55.2 Å². The average molecular weight is 638 g/mol. The molecule has 2 aromatic carbocycles. The number of likely N-dealkylation sites (tertiary alicyclic amines) is 1. The molecule has 0 spiro atoms. The first-order valence-electron chi connectivity index (χ1n) is 13.2. The van der Waals surface area contributed by atoms with Crippen LogP contribution in [-0.2, 0) is 26.0 Å². The molecule has 3 heterocycles. The van der Waals surface area contributed by atoms with Crippen LogP contribution in [-0.4, -0.2) is 96.8 Å². The number of carbonyl (C=O) groups is 2. The second-order valence-corrected chi connectivity index (χ2v) is 13.8. The first kappa shape index (κ1) is 27.0. The van der Waals surface area contributed by atoms with E-state index >= 15 is 0 Å². The number of hydrogen-bond acceptors (Lipinski definition) is 6. The summed E-state index contributed by atoms with van der Waals surface area (Å²) in [4.78, 5) is 33.3. The summed E-state index contributed by atoms with van der Waals surface area (Å²) < 4.78 is 36.4. The van der Waals surface area contributed by atoms with Crippen LogP contribution in [0.3, 0.4) is 0 Å². The molecule has 0 aromatic heterocycles. The monoisotopic (exact) mass is 636 g/mol. The maximum atomic E-state index is 14.4. The van der Waals surface area contributed by atoms with Gasteiger partial charge in [-0.25, -0.2) is 8.42 Å². The number of benzene rings is 2. The number of nitrogens with zero attached hydrogens (tertiary/aromatic N) is 4. The van der Waals surface area contributed by atoms with Gasteiger partial charge in [0.05, 0.1) is 13.7 Å². The quantitative estimate of drug-likeness (QED) is 0.464. The van der Waals surface area contributed by atoms with E-state index < -0.39 is 28.3 Å². The standard InChI is InChI=1S/C27H30BrClN4O5S/c1-38-23-10-7-19(29)14-24(23)39(36,37)32-15-22(30-11-2-12-30)27(35)33-21(13-17-3-5-18(28)6-4-17)26(34)31(16-25(32)33)20-8-9-20/h3-7,10,14,20-22,25H,2,8-9,11-13,15-16H2,1H3. The molecule has 12 heteroatoms. The summed E-state index contributed by atoms with van der Waals surface area (Å²) in [5.74, 6) is -0.122. The third-order valence-electron chi connectivity index (χ3n) is 8.18. The van der Waals surface area contributed by atoms with Crippen molar-refractivity contribution in [2.75, 3.05) is 33.3 Å². The van der Waals surface area contributed by atoms with Crippen molar-refractivity contribution >= 4 is 49.4 Å². The van der Waals surface area contributed by atoms with Gasteiger partial charge in [0.1, 0.15) is 28.9 Å². The predicted octanol–water partition coefficient (Wildman–Crippen LogP) is 2.96. The van der Waals surface area contributed by atoms with Gasteiger partial charge in [-0.2, -0.15) is 4.31 Å². The summed E-state index contributed by atoms with van der Waals surface area (Å²) in [5.41, 5.74) is 0.901. The van der Waals surface area contributed by atoms with Gasteiger partial charge in [0.2, 0.25) is 21.8 Å². The fourth-order valence-corrected chi connectivity index (χ4v) is 8.11. The lowest BCUT2D eigenvalue weighted by Gasteiger charge is -2.55. The third-order valence-corrected chi connectivity index (χ3v) is 10.8. The Morgan fingerprint density at radius 2 is 1.74 bits per heavy atom. The molecule has 39 heavy (non-hydrogen) atoms. The smallest absolute Gasteiger partial charge is 0.248 e. The fourth-order valence-electron chi connectivity index (χ4n) is 5.85. The number of methoxy groups -OCH3 is 1. The lowest BCUT2D eigenvalue weighted by Crippen LogP contribution is -2.76. The van der Waals surface area contributed by atoms with Crippen LogP contribution in [0.5, 0.6) is 5.75 Å². The number of rotatable bonds is 7. The Balaban J connectivity index is 1.45. The zero-order valence-electron chi connectivity index (χ0n) is 21.5. The Labute approximate surface area is 241 Å². The highest BCUT2D eigenvalue weighted by Crippen LogP contribution is 2.39. The molecule has 4 fully saturated rings. The highest BCUT2D eigenvalue weighted by atomic mass is 79.9. The largest absolute Gasteiger partial charge is 0.495 e. The topological polar surface area (TPSA) is 90.5 Å². The van der Waals surface area contributed by atoms with E-state index in [0.29, 0.717) is 19.5 Å². The summed E-state index contributed by atoms with van der Waals surface area (Å²) in [7, 11) is -2.74. The van der Waals surface area contributed by atoms with Crippen molar-refractivity contribution in [3.63, 3.8) is 0 Å². The molecule has 208 valence electrons. The lowest BCUT2D eigenvalue weighted by molar-refractivity contribution is -0.172. The summed E-state index contributed by atoms with van der Waals surface area (Å²) in [5, 5.41) is 0.269. The van der Waals surface area contributed by atoms with E-state index in [1.165, 1.54) is 23.5 Å². The summed E-state index contributed by atoms with van der Waals surface area (Å²) >= 11 is 9.69. The average Bonchev–Trinajstić information content (AvgIpc) is 3.72. The number of amides is 2. The van der Waals surface area contributed by atoms with E-state index in [-0.39, 0.29) is 46.6 Å². The Morgan fingerprint density at radius 1 is 1.03 bits per heavy atom. The van der Waals surface area contributed by atoms with Crippen molar-refractivity contribution in [1.29, 1.82) is 0 Å². The second kappa shape index (κ2) is 10.3. The molecule has 2 amide bonds. The Morgan fingerprint density at radius 3 is 2.36 bits per heavy atom. The molecular weight excluding hydrogens is 608 g/mol. The number of hydrogen-bond donors (Lipinski definition) is 0. The molecule has 4 aliphatic rings. The minimum absolute atomic E-state index is 0.00962. The highest BCUT2D eigenvalue weighted by Gasteiger charge is 2.56. The van der Waals surface area contributed by atoms with Crippen molar-refractivity contribution in [1.82, 2.24) is 19.0 Å². The predicted molar refractivity (Wildman–Crippen MR) is 149 cm³/mol. The van der Waals surface area contributed by atoms with Crippen molar-refractivity contribution in [3.05, 3.63) is 57.5 Å². The molecule has 3 unspecified atom stereocenters. The minimum Gasteiger partial charge on any atom is -0.495 e. The first-order valence-corrected chi connectivity index (χ1v) is 15.8. The van der Waals surface area contributed by atoms with Crippen LogP contribution in [0.2, 0.25) is 5.02 Å². The van der Waals surface area contributed by atoms with E-state index in [2.05, 4.69) is 15.9 Å². The molecule has 1 saturated carbocycles. The summed E-state index contributed by atoms with van der Waals surface area (Å²) in [6.45, 7) is 1.57. The van der Waals surface area contributed by atoms with Crippen LogP contribution in [0.1, 0.15) is 24.8 Å². The maximum absolute atomic E-state index is 14.4. The van der Waals surface area contributed by atoms with Crippen molar-refractivity contribution in [3.8, 4) is 5.75 Å². The van der Waals surface area contributed by atoms with Gasteiger partial charge in [0.15, 0.2) is 0 Å². The van der Waals surface area contributed by atoms with Crippen LogP contribution in [0, 0.1) is 0 Å². The Bertz CT molecular complexity index is 1400. The van der Waals surface area contributed by atoms with Gasteiger partial charge in [-0.1, -0.05) is 39.7 Å². The van der Waals surface area contributed by atoms with Crippen LogP contribution >= 0.6 is 27.5 Å². The van der Waals surface area contributed by atoms with Crippen molar-refractivity contribution in [2.45, 2.75) is 54.9 Å². The van der Waals surface area contributed by atoms with Gasteiger partial charge in [-0.15, -0.1) is 0 Å². The van der Waals surface area contributed by atoms with Crippen LogP contribution in [0.4, 0.5) is 0 Å². The zero-order valence-corrected chi connectivity index (χ0v) is 24.7. The zero-order chi connectivity index (χ0) is 27.5. The molecular formula is C27H30BrClN4O5S. The molecule has 2 aromatic rings. The van der Waals surface area contributed by atoms with E-state index in [1.807, 2.05) is 29.2 Å². The minimum atomic E-state index is -4.16. The molecule has 0 bridgehead atoms. The number of fused-ring (bicyclic) bond motifs is 1. The van der Waals surface area contributed by atoms with E-state index in [0.717, 1.165) is 29.3 Å². The molecule has 0 N–H and O–H groups in total. The summed E-state index contributed by atoms with van der Waals surface area (Å²) in [6, 6.07) is 10.8. The van der Waals surface area contributed by atoms with Crippen LogP contribution < -0.4 is 4.74 Å². The molecule has 6 rings (SSSR count). The highest BCUT2D eigenvalue weighted by molar-refractivity contribution is 9.10. The Hall–Kier alpha value is -2.18. The van der Waals surface area contributed by atoms with Gasteiger partial charge in [0.25, 0.3) is 0 Å². The molecule has 3 aliphatic heterocycles. The summed E-state index contributed by atoms with van der Waals surface area (Å²) in [6.07, 6.45) is 2.17. The van der Waals surface area contributed by atoms with Crippen molar-refractivity contribution < 1.29 is 22.7 Å². The van der Waals surface area contributed by atoms with Crippen LogP contribution in [0.25, 0.3) is 0 Å². The fraction of sp³-hybridized carbons (Fsp3) is 0.481. The Kier molecular flexibility index (Phi) is 7.16. The van der Waals surface area contributed by atoms with Gasteiger partial charge < -0.3 is 14.5 Å². The number of piperazine rings is 1.